The lowest BCUT2D eigenvalue weighted by Gasteiger charge is -2.17. The van der Waals surface area contributed by atoms with Crippen LogP contribution in [0.3, 0.4) is 0 Å². The van der Waals surface area contributed by atoms with Crippen molar-refractivity contribution in [2.45, 2.75) is 25.6 Å². The number of aliphatic hydroxyl groups is 1. The number of fused-ring (bicyclic) bond motifs is 1. The van der Waals surface area contributed by atoms with E-state index in [9.17, 15) is 5.11 Å². The Morgan fingerprint density at radius 2 is 2.26 bits per heavy atom. The molecule has 0 radical (unpaired) electrons. The lowest BCUT2D eigenvalue weighted by atomic mass is 10.3. The van der Waals surface area contributed by atoms with Crippen LogP contribution in [0.25, 0.3) is 0 Å². The van der Waals surface area contributed by atoms with Crippen LogP contribution < -0.4 is 19.5 Å². The molecule has 0 fully saturated rings. The van der Waals surface area contributed by atoms with Crippen molar-refractivity contribution in [1.29, 1.82) is 0 Å². The van der Waals surface area contributed by atoms with Crippen LogP contribution in [-0.4, -0.2) is 47.0 Å². The first kappa shape index (κ1) is 15.6. The van der Waals surface area contributed by atoms with E-state index < -0.39 is 6.10 Å². The van der Waals surface area contributed by atoms with Crippen molar-refractivity contribution in [2.24, 2.45) is 0 Å². The molecule has 0 amide bonds. The van der Waals surface area contributed by atoms with Gasteiger partial charge in [-0.2, -0.15) is 5.10 Å². The third-order valence-electron chi connectivity index (χ3n) is 3.51. The molecule has 124 valence electrons. The van der Waals surface area contributed by atoms with Crippen molar-refractivity contribution in [2.75, 3.05) is 19.9 Å². The van der Waals surface area contributed by atoms with Gasteiger partial charge in [0.05, 0.1) is 6.54 Å². The maximum absolute atomic E-state index is 10.0. The summed E-state index contributed by atoms with van der Waals surface area (Å²) in [6.45, 7) is 3.70. The van der Waals surface area contributed by atoms with Crippen LogP contribution in [0, 0.1) is 0 Å². The van der Waals surface area contributed by atoms with E-state index in [0.29, 0.717) is 23.8 Å². The summed E-state index contributed by atoms with van der Waals surface area (Å²) in [5, 5.41) is 17.4. The molecule has 3 rings (SSSR count). The van der Waals surface area contributed by atoms with Crippen LogP contribution in [0.1, 0.15) is 6.92 Å². The first-order valence-corrected chi connectivity index (χ1v) is 7.62. The average Bonchev–Trinajstić information content (AvgIpc) is 3.21. The molecular weight excluding hydrogens is 298 g/mol. The minimum absolute atomic E-state index is 0.204. The summed E-state index contributed by atoms with van der Waals surface area (Å²) in [4.78, 5) is 0. The molecule has 2 unspecified atom stereocenters. The van der Waals surface area contributed by atoms with Gasteiger partial charge in [-0.3, -0.25) is 4.68 Å². The van der Waals surface area contributed by atoms with E-state index in [1.54, 1.807) is 24.4 Å². The zero-order chi connectivity index (χ0) is 16.1. The van der Waals surface area contributed by atoms with Crippen LogP contribution >= 0.6 is 0 Å². The van der Waals surface area contributed by atoms with E-state index in [2.05, 4.69) is 10.4 Å². The van der Waals surface area contributed by atoms with Gasteiger partial charge in [0.1, 0.15) is 18.5 Å². The smallest absolute Gasteiger partial charge is 0.231 e. The third-order valence-corrected chi connectivity index (χ3v) is 3.51. The second-order valence-electron chi connectivity index (χ2n) is 5.52. The monoisotopic (exact) mass is 319 g/mol. The van der Waals surface area contributed by atoms with Crippen molar-refractivity contribution in [3.05, 3.63) is 36.7 Å². The molecule has 7 nitrogen and oxygen atoms in total. The Morgan fingerprint density at radius 3 is 3.09 bits per heavy atom. The summed E-state index contributed by atoms with van der Waals surface area (Å²) in [5.41, 5.74) is 0. The van der Waals surface area contributed by atoms with Crippen LogP contribution in [0.5, 0.6) is 17.2 Å². The van der Waals surface area contributed by atoms with Crippen molar-refractivity contribution in [3.8, 4) is 17.2 Å². The molecule has 2 N–H and O–H groups in total. The first-order chi connectivity index (χ1) is 11.2. The number of rotatable bonds is 8. The molecular formula is C16H21N3O4. The van der Waals surface area contributed by atoms with Gasteiger partial charge in [-0.15, -0.1) is 0 Å². The van der Waals surface area contributed by atoms with Gasteiger partial charge >= 0.3 is 0 Å². The molecule has 0 bridgehead atoms. The van der Waals surface area contributed by atoms with Gasteiger partial charge in [0.15, 0.2) is 11.5 Å². The number of nitrogens with zero attached hydrogens (tertiary/aromatic N) is 2. The standard InChI is InChI=1S/C16H21N3O4/c1-12(9-19-6-2-5-18-19)17-8-13(20)10-21-14-3-4-15-16(7-14)23-11-22-15/h2-7,12-13,17,20H,8-11H2,1H3. The molecule has 0 spiro atoms. The summed E-state index contributed by atoms with van der Waals surface area (Å²) in [5.74, 6) is 2.04. The van der Waals surface area contributed by atoms with E-state index in [1.165, 1.54) is 0 Å². The van der Waals surface area contributed by atoms with E-state index in [0.717, 1.165) is 6.54 Å². The molecule has 1 aliphatic heterocycles. The summed E-state index contributed by atoms with van der Waals surface area (Å²) in [6, 6.07) is 7.46. The van der Waals surface area contributed by atoms with Gasteiger partial charge < -0.3 is 24.6 Å². The Labute approximate surface area is 134 Å². The molecule has 7 heteroatoms. The van der Waals surface area contributed by atoms with Gasteiger partial charge in [-0.1, -0.05) is 0 Å². The summed E-state index contributed by atoms with van der Waals surface area (Å²) in [6.07, 6.45) is 3.07. The lowest BCUT2D eigenvalue weighted by Crippen LogP contribution is -2.38. The van der Waals surface area contributed by atoms with Gasteiger partial charge in [0.2, 0.25) is 6.79 Å². The van der Waals surface area contributed by atoms with E-state index in [1.807, 2.05) is 23.9 Å². The molecule has 0 saturated carbocycles. The fourth-order valence-electron chi connectivity index (χ4n) is 2.31. The molecule has 2 heterocycles. The molecule has 23 heavy (non-hydrogen) atoms. The van der Waals surface area contributed by atoms with Gasteiger partial charge in [0, 0.05) is 31.0 Å². The van der Waals surface area contributed by atoms with E-state index in [-0.39, 0.29) is 19.4 Å². The molecule has 2 atom stereocenters. The van der Waals surface area contributed by atoms with Gasteiger partial charge in [0.25, 0.3) is 0 Å². The highest BCUT2D eigenvalue weighted by atomic mass is 16.7. The number of aromatic nitrogens is 2. The summed E-state index contributed by atoms with van der Waals surface area (Å²) in [7, 11) is 0. The topological polar surface area (TPSA) is 77.8 Å². The quantitative estimate of drug-likeness (QED) is 0.757. The van der Waals surface area contributed by atoms with Gasteiger partial charge in [-0.25, -0.2) is 0 Å². The number of aliphatic hydroxyl groups excluding tert-OH is 1. The second-order valence-corrected chi connectivity index (χ2v) is 5.52. The van der Waals surface area contributed by atoms with Crippen molar-refractivity contribution < 1.29 is 19.3 Å². The second kappa shape index (κ2) is 7.34. The van der Waals surface area contributed by atoms with Crippen LogP contribution in [0.2, 0.25) is 0 Å². The Morgan fingerprint density at radius 1 is 1.39 bits per heavy atom. The van der Waals surface area contributed by atoms with Gasteiger partial charge in [-0.05, 0) is 25.1 Å². The molecule has 1 aromatic carbocycles. The van der Waals surface area contributed by atoms with Crippen molar-refractivity contribution in [1.82, 2.24) is 15.1 Å². The predicted octanol–water partition coefficient (Wildman–Crippen LogP) is 1.03. The fraction of sp³-hybridized carbons (Fsp3) is 0.438. The van der Waals surface area contributed by atoms with Crippen LogP contribution in [0.4, 0.5) is 0 Å². The van der Waals surface area contributed by atoms with Crippen molar-refractivity contribution in [3.63, 3.8) is 0 Å². The molecule has 2 aromatic rings. The number of hydrogen-bond donors (Lipinski definition) is 2. The summed E-state index contributed by atoms with van der Waals surface area (Å²) < 4.78 is 18.0. The largest absolute Gasteiger partial charge is 0.491 e. The highest BCUT2D eigenvalue weighted by Crippen LogP contribution is 2.35. The normalized spacial score (nSPS) is 15.4. The highest BCUT2D eigenvalue weighted by Gasteiger charge is 2.14. The van der Waals surface area contributed by atoms with Crippen LogP contribution in [-0.2, 0) is 6.54 Å². The number of hydrogen-bond acceptors (Lipinski definition) is 6. The maximum Gasteiger partial charge on any atom is 0.231 e. The third kappa shape index (κ3) is 4.37. The fourth-order valence-corrected chi connectivity index (χ4v) is 2.31. The Bertz CT molecular complexity index is 618. The maximum atomic E-state index is 10.0. The highest BCUT2D eigenvalue weighted by molar-refractivity contribution is 5.46. The molecule has 1 aliphatic rings. The first-order valence-electron chi connectivity index (χ1n) is 7.62. The zero-order valence-electron chi connectivity index (χ0n) is 13.0. The predicted molar refractivity (Wildman–Crippen MR) is 83.8 cm³/mol. The Balaban J connectivity index is 1.38. The lowest BCUT2D eigenvalue weighted by molar-refractivity contribution is 0.103. The van der Waals surface area contributed by atoms with E-state index in [4.69, 9.17) is 14.2 Å². The van der Waals surface area contributed by atoms with Crippen LogP contribution in [0.15, 0.2) is 36.7 Å². The Kier molecular flexibility index (Phi) is 4.99. The minimum atomic E-state index is -0.597. The zero-order valence-corrected chi connectivity index (χ0v) is 13.0. The number of benzene rings is 1. The number of ether oxygens (including phenoxy) is 3. The molecule has 0 aliphatic carbocycles. The Hall–Kier alpha value is -2.25. The molecule has 0 saturated heterocycles. The van der Waals surface area contributed by atoms with E-state index >= 15 is 0 Å². The summed E-state index contributed by atoms with van der Waals surface area (Å²) >= 11 is 0. The SMILES string of the molecule is CC(Cn1cccn1)NCC(O)COc1ccc2c(c1)OCO2. The average molecular weight is 319 g/mol. The number of nitrogens with one attached hydrogen (secondary N) is 1. The molecule has 1 aromatic heterocycles. The van der Waals surface area contributed by atoms with Crippen molar-refractivity contribution >= 4 is 0 Å². The minimum Gasteiger partial charge on any atom is -0.491 e.